The number of anilines is 1. The van der Waals surface area contributed by atoms with Gasteiger partial charge in [0.05, 0.1) is 16.9 Å². The zero-order valence-corrected chi connectivity index (χ0v) is 20.9. The van der Waals surface area contributed by atoms with E-state index in [2.05, 4.69) is 50.1 Å². The summed E-state index contributed by atoms with van der Waals surface area (Å²) in [7, 11) is 4.05. The maximum atomic E-state index is 14.0. The standard InChI is InChI=1S/C28H27FN8/c1-17(16-37(3)4)13-19(15-30-2)22-10-11-23-25(32-22)26(36-35-23)28-33-24-21(9-6-12-31-27(24)34-28)18-7-5-8-20(29)14-18/h5-15,31H,2,16H2,1,3-4H3,(H,33,34)(H,35,36)/b17-13+,19-15+. The minimum atomic E-state index is -0.302. The fraction of sp³-hybridized carbons (Fsp3) is 0.143. The second-order valence-corrected chi connectivity index (χ2v) is 9.06. The van der Waals surface area contributed by atoms with Gasteiger partial charge in [0.25, 0.3) is 0 Å². The number of fused-ring (bicyclic) bond motifs is 2. The van der Waals surface area contributed by atoms with Crippen LogP contribution in [-0.4, -0.2) is 57.4 Å². The van der Waals surface area contributed by atoms with Crippen LogP contribution in [-0.2, 0) is 0 Å². The summed E-state index contributed by atoms with van der Waals surface area (Å²) in [4.78, 5) is 19.1. The fourth-order valence-corrected chi connectivity index (χ4v) is 4.35. The van der Waals surface area contributed by atoms with Crippen LogP contribution in [0.15, 0.2) is 77.6 Å². The Bertz CT molecular complexity index is 1600. The van der Waals surface area contributed by atoms with Crippen LogP contribution >= 0.6 is 0 Å². The number of pyridine rings is 1. The summed E-state index contributed by atoms with van der Waals surface area (Å²) < 4.78 is 14.0. The van der Waals surface area contributed by atoms with Crippen molar-refractivity contribution in [1.29, 1.82) is 0 Å². The predicted molar refractivity (Wildman–Crippen MR) is 148 cm³/mol. The number of aromatic nitrogens is 5. The van der Waals surface area contributed by atoms with Gasteiger partial charge in [0.1, 0.15) is 11.3 Å². The highest BCUT2D eigenvalue weighted by Gasteiger charge is 2.21. The van der Waals surface area contributed by atoms with Crippen LogP contribution in [0.4, 0.5) is 10.2 Å². The number of aromatic amines is 2. The maximum Gasteiger partial charge on any atom is 0.163 e. The second kappa shape index (κ2) is 10.2. The van der Waals surface area contributed by atoms with E-state index in [1.807, 2.05) is 44.4 Å². The van der Waals surface area contributed by atoms with Gasteiger partial charge in [0.15, 0.2) is 17.3 Å². The molecule has 1 aliphatic heterocycles. The van der Waals surface area contributed by atoms with E-state index in [0.29, 0.717) is 22.9 Å². The molecule has 0 aliphatic carbocycles. The van der Waals surface area contributed by atoms with E-state index >= 15 is 0 Å². The number of H-pyrrole nitrogens is 2. The van der Waals surface area contributed by atoms with Gasteiger partial charge in [-0.15, -0.1) is 0 Å². The quantitative estimate of drug-likeness (QED) is 0.236. The van der Waals surface area contributed by atoms with E-state index in [-0.39, 0.29) is 5.82 Å². The van der Waals surface area contributed by atoms with Crippen LogP contribution in [0.1, 0.15) is 23.9 Å². The molecule has 3 N–H and O–H groups in total. The van der Waals surface area contributed by atoms with Gasteiger partial charge in [-0.2, -0.15) is 5.10 Å². The lowest BCUT2D eigenvalue weighted by atomic mass is 10.0. The molecule has 0 bridgehead atoms. The molecule has 37 heavy (non-hydrogen) atoms. The third-order valence-electron chi connectivity index (χ3n) is 5.81. The predicted octanol–water partition coefficient (Wildman–Crippen LogP) is 5.41. The lowest BCUT2D eigenvalue weighted by Gasteiger charge is -2.10. The maximum absolute atomic E-state index is 14.0. The molecule has 0 amide bonds. The van der Waals surface area contributed by atoms with Crippen molar-refractivity contribution in [2.24, 2.45) is 4.99 Å². The number of benzene rings is 1. The third kappa shape index (κ3) is 5.03. The van der Waals surface area contributed by atoms with E-state index in [1.165, 1.54) is 17.7 Å². The lowest BCUT2D eigenvalue weighted by Crippen LogP contribution is -2.13. The van der Waals surface area contributed by atoms with Gasteiger partial charge in [0, 0.05) is 30.1 Å². The minimum absolute atomic E-state index is 0.302. The van der Waals surface area contributed by atoms with E-state index in [1.54, 1.807) is 18.5 Å². The minimum Gasteiger partial charge on any atom is -0.345 e. The van der Waals surface area contributed by atoms with Gasteiger partial charge in [-0.05, 0) is 63.6 Å². The Hall–Kier alpha value is -4.63. The number of rotatable bonds is 7. The van der Waals surface area contributed by atoms with Crippen LogP contribution in [0.5, 0.6) is 0 Å². The summed E-state index contributed by atoms with van der Waals surface area (Å²) in [5.74, 6) is 0.853. The van der Waals surface area contributed by atoms with Crippen LogP contribution in [0.25, 0.3) is 33.7 Å². The van der Waals surface area contributed by atoms with Crippen molar-refractivity contribution >= 4 is 34.7 Å². The Morgan fingerprint density at radius 3 is 2.84 bits per heavy atom. The van der Waals surface area contributed by atoms with Crippen LogP contribution < -0.4 is 5.32 Å². The van der Waals surface area contributed by atoms with Crippen LogP contribution in [0.3, 0.4) is 0 Å². The molecule has 0 saturated heterocycles. The Labute approximate surface area is 214 Å². The molecule has 0 unspecified atom stereocenters. The molecule has 9 heteroatoms. The first-order chi connectivity index (χ1) is 17.9. The average molecular weight is 495 g/mol. The number of halogens is 1. The monoisotopic (exact) mass is 494 g/mol. The second-order valence-electron chi connectivity index (χ2n) is 9.06. The number of hydrogen-bond donors (Lipinski definition) is 3. The number of hydrogen-bond acceptors (Lipinski definition) is 6. The molecule has 5 rings (SSSR count). The zero-order valence-electron chi connectivity index (χ0n) is 20.9. The SMILES string of the molecule is C=N/C=C(\C=C(/C)CN(C)C)c1ccc2[nH]nc(-c3nc4c([nH]3)C(c3cccc(F)c3)=CC=CN4)c2n1. The molecule has 186 valence electrons. The molecule has 0 fully saturated rings. The van der Waals surface area contributed by atoms with Crippen LogP contribution in [0, 0.1) is 5.82 Å². The molecule has 0 radical (unpaired) electrons. The topological polar surface area (TPSA) is 97.9 Å². The molecule has 0 atom stereocenters. The molecule has 0 saturated carbocycles. The molecule has 4 heterocycles. The summed E-state index contributed by atoms with van der Waals surface area (Å²) in [6.07, 6.45) is 9.33. The van der Waals surface area contributed by atoms with Gasteiger partial charge < -0.3 is 15.2 Å². The van der Waals surface area contributed by atoms with Gasteiger partial charge in [-0.1, -0.05) is 29.9 Å². The van der Waals surface area contributed by atoms with Crippen molar-refractivity contribution in [1.82, 2.24) is 30.0 Å². The third-order valence-corrected chi connectivity index (χ3v) is 5.81. The molecule has 1 aromatic carbocycles. The highest BCUT2D eigenvalue weighted by Crippen LogP contribution is 2.34. The average Bonchev–Trinajstić information content (AvgIpc) is 3.42. The van der Waals surface area contributed by atoms with Gasteiger partial charge in [-0.25, -0.2) is 14.4 Å². The van der Waals surface area contributed by atoms with Crippen molar-refractivity contribution in [2.45, 2.75) is 6.92 Å². The van der Waals surface area contributed by atoms with Crippen molar-refractivity contribution < 1.29 is 4.39 Å². The fourth-order valence-electron chi connectivity index (χ4n) is 4.35. The normalized spacial score (nSPS) is 13.9. The molecule has 1 aliphatic rings. The van der Waals surface area contributed by atoms with E-state index < -0.39 is 0 Å². The molecule has 3 aromatic heterocycles. The van der Waals surface area contributed by atoms with Crippen molar-refractivity contribution in [3.8, 4) is 11.5 Å². The van der Waals surface area contributed by atoms with Crippen molar-refractivity contribution in [2.75, 3.05) is 26.0 Å². The Kier molecular flexibility index (Phi) is 6.61. The number of nitrogens with one attached hydrogen (secondary N) is 3. The van der Waals surface area contributed by atoms with Gasteiger partial charge >= 0.3 is 0 Å². The van der Waals surface area contributed by atoms with E-state index in [4.69, 9.17) is 9.97 Å². The summed E-state index contributed by atoms with van der Waals surface area (Å²) in [5, 5.41) is 10.7. The first kappa shape index (κ1) is 24.1. The van der Waals surface area contributed by atoms with Crippen LogP contribution in [0.2, 0.25) is 0 Å². The number of likely N-dealkylation sites (N-methyl/N-ethyl adjacent to an activating group) is 1. The Morgan fingerprint density at radius 2 is 2.05 bits per heavy atom. The zero-order chi connectivity index (χ0) is 25.9. The van der Waals surface area contributed by atoms with Crippen molar-refractivity contribution in [3.63, 3.8) is 0 Å². The number of imidazole rings is 1. The largest absolute Gasteiger partial charge is 0.345 e. The summed E-state index contributed by atoms with van der Waals surface area (Å²) in [6, 6.07) is 10.3. The molecule has 8 nitrogen and oxygen atoms in total. The van der Waals surface area contributed by atoms with E-state index in [9.17, 15) is 4.39 Å². The van der Waals surface area contributed by atoms with Gasteiger partial charge in [-0.3, -0.25) is 10.1 Å². The smallest absolute Gasteiger partial charge is 0.163 e. The Balaban J connectivity index is 1.57. The molecule has 4 aromatic rings. The van der Waals surface area contributed by atoms with E-state index in [0.717, 1.165) is 40.2 Å². The molecular weight excluding hydrogens is 467 g/mol. The first-order valence-corrected chi connectivity index (χ1v) is 11.8. The van der Waals surface area contributed by atoms with Gasteiger partial charge in [0.2, 0.25) is 0 Å². The number of allylic oxidation sites excluding steroid dienone is 4. The highest BCUT2D eigenvalue weighted by atomic mass is 19.1. The number of nitrogens with zero attached hydrogens (tertiary/aromatic N) is 5. The lowest BCUT2D eigenvalue weighted by molar-refractivity contribution is 0.445. The summed E-state index contributed by atoms with van der Waals surface area (Å²) >= 11 is 0. The molecular formula is C28H27FN8. The number of aliphatic imine (C=N–C) groups is 1. The Morgan fingerprint density at radius 1 is 1.19 bits per heavy atom. The molecule has 0 spiro atoms. The van der Waals surface area contributed by atoms with Crippen molar-refractivity contribution in [3.05, 3.63) is 95.4 Å². The summed E-state index contributed by atoms with van der Waals surface area (Å²) in [5.41, 5.74) is 7.07. The first-order valence-electron chi connectivity index (χ1n) is 11.8. The summed E-state index contributed by atoms with van der Waals surface area (Å²) in [6.45, 7) is 6.51. The highest BCUT2D eigenvalue weighted by molar-refractivity contribution is 5.92.